The first kappa shape index (κ1) is 15.8. The molecule has 19 heavy (non-hydrogen) atoms. The Hall–Kier alpha value is -1.24. The third-order valence-corrected chi connectivity index (χ3v) is 2.65. The van der Waals surface area contributed by atoms with Gasteiger partial charge in [0.25, 0.3) is 0 Å². The predicted molar refractivity (Wildman–Crippen MR) is 75.1 cm³/mol. The number of rotatable bonds is 3. The molecule has 0 aliphatic heterocycles. The highest BCUT2D eigenvalue weighted by molar-refractivity contribution is 6.34. The Morgan fingerprint density at radius 1 is 1.32 bits per heavy atom. The van der Waals surface area contributed by atoms with Crippen molar-refractivity contribution in [1.29, 1.82) is 5.26 Å². The summed E-state index contributed by atoms with van der Waals surface area (Å²) in [6.07, 6.45) is 0.228. The van der Waals surface area contributed by atoms with Gasteiger partial charge >= 0.3 is 5.97 Å². The van der Waals surface area contributed by atoms with Crippen LogP contribution in [0.1, 0.15) is 26.3 Å². The maximum Gasteiger partial charge on any atom is 0.324 e. The van der Waals surface area contributed by atoms with Crippen LogP contribution in [0.5, 0.6) is 0 Å². The first-order valence-electron chi connectivity index (χ1n) is 5.79. The highest BCUT2D eigenvalue weighted by Gasteiger charge is 2.25. The van der Waals surface area contributed by atoms with Gasteiger partial charge in [0.2, 0.25) is 0 Å². The molecule has 0 spiro atoms. The minimum Gasteiger partial charge on any atom is -0.459 e. The first-order valence-corrected chi connectivity index (χ1v) is 6.54. The van der Waals surface area contributed by atoms with E-state index in [-0.39, 0.29) is 6.42 Å². The first-order chi connectivity index (χ1) is 8.71. The molecular formula is C14H15Cl2NO2. The van der Waals surface area contributed by atoms with Crippen molar-refractivity contribution in [2.24, 2.45) is 5.92 Å². The Balaban J connectivity index is 2.83. The number of benzene rings is 1. The predicted octanol–water partition coefficient (Wildman–Crippen LogP) is 4.02. The van der Waals surface area contributed by atoms with Gasteiger partial charge in [-0.25, -0.2) is 0 Å². The number of esters is 1. The molecular weight excluding hydrogens is 285 g/mol. The second kappa shape index (κ2) is 6.27. The SMILES string of the molecule is CC(C)(C)OC(=O)C(C#N)Cc1cc(Cl)cc(Cl)c1. The number of hydrogen-bond donors (Lipinski definition) is 0. The Labute approximate surface area is 123 Å². The van der Waals surface area contributed by atoms with E-state index in [2.05, 4.69) is 0 Å². The molecule has 0 radical (unpaired) electrons. The number of hydrogen-bond acceptors (Lipinski definition) is 3. The maximum atomic E-state index is 11.9. The molecule has 0 saturated carbocycles. The number of carbonyl (C=O) groups is 1. The lowest BCUT2D eigenvalue weighted by Crippen LogP contribution is -2.29. The van der Waals surface area contributed by atoms with E-state index in [0.29, 0.717) is 10.0 Å². The molecule has 102 valence electrons. The van der Waals surface area contributed by atoms with Gasteiger partial charge in [0.15, 0.2) is 0 Å². The summed E-state index contributed by atoms with van der Waals surface area (Å²) in [6, 6.07) is 6.92. The molecule has 0 heterocycles. The summed E-state index contributed by atoms with van der Waals surface area (Å²) in [5.74, 6) is -1.40. The van der Waals surface area contributed by atoms with Crippen LogP contribution in [0.3, 0.4) is 0 Å². The molecule has 3 nitrogen and oxygen atoms in total. The van der Waals surface area contributed by atoms with Crippen molar-refractivity contribution in [1.82, 2.24) is 0 Å². The number of nitriles is 1. The minimum atomic E-state index is -0.867. The maximum absolute atomic E-state index is 11.9. The molecule has 0 amide bonds. The molecule has 1 unspecified atom stereocenters. The highest BCUT2D eigenvalue weighted by atomic mass is 35.5. The number of halogens is 2. The molecule has 0 fully saturated rings. The number of nitrogens with zero attached hydrogens (tertiary/aromatic N) is 1. The zero-order chi connectivity index (χ0) is 14.6. The summed E-state index contributed by atoms with van der Waals surface area (Å²) in [7, 11) is 0. The van der Waals surface area contributed by atoms with Gasteiger partial charge in [-0.2, -0.15) is 5.26 Å². The van der Waals surface area contributed by atoms with E-state index in [4.69, 9.17) is 33.2 Å². The summed E-state index contributed by atoms with van der Waals surface area (Å²) in [6.45, 7) is 5.28. The third kappa shape index (κ3) is 5.50. The lowest BCUT2D eigenvalue weighted by molar-refractivity contribution is -0.157. The van der Waals surface area contributed by atoms with E-state index in [0.717, 1.165) is 5.56 Å². The van der Waals surface area contributed by atoms with E-state index in [1.807, 2.05) is 6.07 Å². The van der Waals surface area contributed by atoms with Crippen LogP contribution in [-0.4, -0.2) is 11.6 Å². The van der Waals surface area contributed by atoms with E-state index in [1.165, 1.54) is 0 Å². The van der Waals surface area contributed by atoms with Crippen molar-refractivity contribution in [3.63, 3.8) is 0 Å². The van der Waals surface area contributed by atoms with Crippen LogP contribution >= 0.6 is 23.2 Å². The summed E-state index contributed by atoms with van der Waals surface area (Å²) >= 11 is 11.8. The van der Waals surface area contributed by atoms with Crippen LogP contribution in [0.15, 0.2) is 18.2 Å². The van der Waals surface area contributed by atoms with Crippen LogP contribution in [-0.2, 0) is 16.0 Å². The molecule has 1 atom stereocenters. The third-order valence-electron chi connectivity index (χ3n) is 2.21. The molecule has 0 bridgehead atoms. The smallest absolute Gasteiger partial charge is 0.324 e. The van der Waals surface area contributed by atoms with Crippen molar-refractivity contribution in [3.05, 3.63) is 33.8 Å². The van der Waals surface area contributed by atoms with Crippen molar-refractivity contribution in [3.8, 4) is 6.07 Å². The molecule has 0 aliphatic carbocycles. The van der Waals surface area contributed by atoms with E-state index < -0.39 is 17.5 Å². The fourth-order valence-electron chi connectivity index (χ4n) is 1.52. The summed E-state index contributed by atoms with van der Waals surface area (Å²) in [4.78, 5) is 11.9. The number of carbonyl (C=O) groups excluding carboxylic acids is 1. The van der Waals surface area contributed by atoms with Gasteiger partial charge in [-0.1, -0.05) is 23.2 Å². The van der Waals surface area contributed by atoms with E-state index in [9.17, 15) is 4.79 Å². The van der Waals surface area contributed by atoms with Crippen molar-refractivity contribution in [2.75, 3.05) is 0 Å². The Bertz CT molecular complexity index is 495. The van der Waals surface area contributed by atoms with Gasteiger partial charge in [-0.15, -0.1) is 0 Å². The molecule has 1 rings (SSSR count). The van der Waals surface area contributed by atoms with E-state index >= 15 is 0 Å². The van der Waals surface area contributed by atoms with E-state index in [1.54, 1.807) is 39.0 Å². The molecule has 1 aromatic rings. The Kier molecular flexibility index (Phi) is 5.22. The van der Waals surface area contributed by atoms with Crippen LogP contribution in [0, 0.1) is 17.2 Å². The lowest BCUT2D eigenvalue weighted by atomic mass is 10.0. The fourth-order valence-corrected chi connectivity index (χ4v) is 2.09. The van der Waals surface area contributed by atoms with Crippen molar-refractivity contribution < 1.29 is 9.53 Å². The highest BCUT2D eigenvalue weighted by Crippen LogP contribution is 2.22. The van der Waals surface area contributed by atoms with Crippen molar-refractivity contribution >= 4 is 29.2 Å². The fraction of sp³-hybridized carbons (Fsp3) is 0.429. The average molecular weight is 300 g/mol. The minimum absolute atomic E-state index is 0.228. The molecule has 0 N–H and O–H groups in total. The largest absolute Gasteiger partial charge is 0.459 e. The normalized spacial score (nSPS) is 12.6. The zero-order valence-electron chi connectivity index (χ0n) is 11.0. The van der Waals surface area contributed by atoms with Crippen LogP contribution in [0.4, 0.5) is 0 Å². The average Bonchev–Trinajstić information content (AvgIpc) is 2.21. The van der Waals surface area contributed by atoms with Gasteiger partial charge in [0.05, 0.1) is 6.07 Å². The Morgan fingerprint density at radius 2 is 1.84 bits per heavy atom. The standard InChI is InChI=1S/C14H15Cl2NO2/c1-14(2,3)19-13(18)10(8-17)4-9-5-11(15)7-12(16)6-9/h5-7,10H,4H2,1-3H3. The summed E-state index contributed by atoms with van der Waals surface area (Å²) < 4.78 is 5.20. The van der Waals surface area contributed by atoms with Crippen LogP contribution in [0.25, 0.3) is 0 Å². The van der Waals surface area contributed by atoms with Crippen molar-refractivity contribution in [2.45, 2.75) is 32.8 Å². The monoisotopic (exact) mass is 299 g/mol. The lowest BCUT2D eigenvalue weighted by Gasteiger charge is -2.21. The van der Waals surface area contributed by atoms with Gasteiger partial charge < -0.3 is 4.74 Å². The van der Waals surface area contributed by atoms with Gasteiger partial charge in [0.1, 0.15) is 11.5 Å². The molecule has 0 aromatic heterocycles. The molecule has 5 heteroatoms. The molecule has 0 saturated heterocycles. The van der Waals surface area contributed by atoms with Gasteiger partial charge in [-0.05, 0) is 51.0 Å². The molecule has 0 aliphatic rings. The van der Waals surface area contributed by atoms with Gasteiger partial charge in [-0.3, -0.25) is 4.79 Å². The second-order valence-electron chi connectivity index (χ2n) is 5.20. The Morgan fingerprint density at radius 3 is 2.26 bits per heavy atom. The van der Waals surface area contributed by atoms with Crippen LogP contribution in [0.2, 0.25) is 10.0 Å². The summed E-state index contributed by atoms with van der Waals surface area (Å²) in [5, 5.41) is 10.0. The van der Waals surface area contributed by atoms with Gasteiger partial charge in [0, 0.05) is 10.0 Å². The quantitative estimate of drug-likeness (QED) is 0.792. The zero-order valence-corrected chi connectivity index (χ0v) is 12.5. The number of ether oxygens (including phenoxy) is 1. The summed E-state index contributed by atoms with van der Waals surface area (Å²) in [5.41, 5.74) is 0.118. The topological polar surface area (TPSA) is 50.1 Å². The van der Waals surface area contributed by atoms with Crippen LogP contribution < -0.4 is 0 Å². The second-order valence-corrected chi connectivity index (χ2v) is 6.07. The molecule has 1 aromatic carbocycles.